The first-order valence-electron chi connectivity index (χ1n) is 6.04. The van der Waals surface area contributed by atoms with E-state index in [2.05, 4.69) is 35.8 Å². The monoisotopic (exact) mass is 218 g/mol. The second-order valence-corrected chi connectivity index (χ2v) is 4.87. The largest absolute Gasteiger partial charge is 0.351 e. The van der Waals surface area contributed by atoms with E-state index in [1.165, 1.54) is 31.2 Å². The fourth-order valence-electron chi connectivity index (χ4n) is 3.17. The molecule has 3 nitrogen and oxygen atoms in total. The Morgan fingerprint density at radius 3 is 2.44 bits per heavy atom. The first-order valence-corrected chi connectivity index (χ1v) is 6.04. The summed E-state index contributed by atoms with van der Waals surface area (Å²) in [4.78, 5) is 0. The van der Waals surface area contributed by atoms with Crippen LogP contribution in [0.15, 0.2) is 30.3 Å². The molecule has 1 aromatic rings. The third-order valence-electron chi connectivity index (χ3n) is 4.04. The highest BCUT2D eigenvalue weighted by atomic mass is 16.6. The van der Waals surface area contributed by atoms with Crippen molar-refractivity contribution in [2.45, 2.75) is 43.4 Å². The quantitative estimate of drug-likeness (QED) is 0.461. The van der Waals surface area contributed by atoms with E-state index in [0.717, 1.165) is 0 Å². The Morgan fingerprint density at radius 2 is 1.88 bits per heavy atom. The SMILES string of the molecule is NNC1OC1C1(c2ccccc2)CCCC1. The Labute approximate surface area is 95.9 Å². The van der Waals surface area contributed by atoms with Gasteiger partial charge in [0.05, 0.1) is 0 Å². The average Bonchev–Trinajstić information content (AvgIpc) is 2.99. The van der Waals surface area contributed by atoms with Gasteiger partial charge in [0.15, 0.2) is 0 Å². The van der Waals surface area contributed by atoms with Gasteiger partial charge in [0.25, 0.3) is 0 Å². The predicted octanol–water partition coefficient (Wildman–Crippen LogP) is 1.69. The Bertz CT molecular complexity index is 359. The van der Waals surface area contributed by atoms with Gasteiger partial charge in [0.2, 0.25) is 0 Å². The molecule has 0 aromatic heterocycles. The zero-order valence-electron chi connectivity index (χ0n) is 9.36. The van der Waals surface area contributed by atoms with E-state index in [1.807, 2.05) is 0 Å². The summed E-state index contributed by atoms with van der Waals surface area (Å²) in [7, 11) is 0. The lowest BCUT2D eigenvalue weighted by molar-refractivity contribution is 0.275. The van der Waals surface area contributed by atoms with Crippen molar-refractivity contribution in [1.29, 1.82) is 0 Å². The maximum absolute atomic E-state index is 5.67. The van der Waals surface area contributed by atoms with Gasteiger partial charge < -0.3 is 4.74 Å². The molecule has 3 heteroatoms. The Morgan fingerprint density at radius 1 is 1.19 bits per heavy atom. The Balaban J connectivity index is 1.92. The third kappa shape index (κ3) is 1.47. The summed E-state index contributed by atoms with van der Waals surface area (Å²) in [6, 6.07) is 10.7. The fourth-order valence-corrected chi connectivity index (χ4v) is 3.17. The first-order chi connectivity index (χ1) is 7.87. The van der Waals surface area contributed by atoms with Crippen molar-refractivity contribution in [2.75, 3.05) is 0 Å². The molecule has 0 bridgehead atoms. The van der Waals surface area contributed by atoms with Crippen LogP contribution in [0.1, 0.15) is 31.2 Å². The molecule has 1 aromatic carbocycles. The minimum absolute atomic E-state index is 0.0540. The second-order valence-electron chi connectivity index (χ2n) is 4.87. The number of epoxide rings is 1. The number of nitrogens with one attached hydrogen (secondary N) is 1. The summed E-state index contributed by atoms with van der Waals surface area (Å²) in [5.41, 5.74) is 4.36. The number of hydrogen-bond acceptors (Lipinski definition) is 3. The van der Waals surface area contributed by atoms with Gasteiger partial charge in [-0.2, -0.15) is 0 Å². The summed E-state index contributed by atoms with van der Waals surface area (Å²) >= 11 is 0. The number of ether oxygens (including phenoxy) is 1. The third-order valence-corrected chi connectivity index (χ3v) is 4.04. The van der Waals surface area contributed by atoms with Gasteiger partial charge in [-0.1, -0.05) is 43.2 Å². The number of nitrogens with two attached hydrogens (primary N) is 1. The van der Waals surface area contributed by atoms with E-state index in [-0.39, 0.29) is 17.7 Å². The van der Waals surface area contributed by atoms with Crippen LogP contribution in [0.4, 0.5) is 0 Å². The molecule has 1 aliphatic heterocycles. The van der Waals surface area contributed by atoms with Crippen molar-refractivity contribution in [3.63, 3.8) is 0 Å². The lowest BCUT2D eigenvalue weighted by Gasteiger charge is -2.27. The Hall–Kier alpha value is -0.900. The highest BCUT2D eigenvalue weighted by Gasteiger charge is 2.56. The van der Waals surface area contributed by atoms with E-state index in [0.29, 0.717) is 0 Å². The van der Waals surface area contributed by atoms with Crippen LogP contribution in [0.5, 0.6) is 0 Å². The molecule has 2 unspecified atom stereocenters. The molecule has 0 amide bonds. The van der Waals surface area contributed by atoms with E-state index in [1.54, 1.807) is 0 Å². The molecule has 1 saturated carbocycles. The van der Waals surface area contributed by atoms with Gasteiger partial charge in [-0.3, -0.25) is 5.84 Å². The lowest BCUT2D eigenvalue weighted by atomic mass is 9.75. The highest BCUT2D eigenvalue weighted by Crippen LogP contribution is 2.50. The van der Waals surface area contributed by atoms with Crippen LogP contribution in [0.3, 0.4) is 0 Å². The number of rotatable bonds is 3. The lowest BCUT2D eigenvalue weighted by Crippen LogP contribution is -2.36. The van der Waals surface area contributed by atoms with Crippen molar-refractivity contribution < 1.29 is 4.74 Å². The van der Waals surface area contributed by atoms with Gasteiger partial charge in [-0.15, -0.1) is 0 Å². The molecule has 2 atom stereocenters. The van der Waals surface area contributed by atoms with E-state index < -0.39 is 0 Å². The van der Waals surface area contributed by atoms with Crippen molar-refractivity contribution in [1.82, 2.24) is 5.43 Å². The predicted molar refractivity (Wildman–Crippen MR) is 62.6 cm³/mol. The van der Waals surface area contributed by atoms with Gasteiger partial charge in [-0.25, -0.2) is 5.43 Å². The molecule has 1 aliphatic carbocycles. The molecule has 86 valence electrons. The molecule has 3 rings (SSSR count). The van der Waals surface area contributed by atoms with Crippen LogP contribution >= 0.6 is 0 Å². The molecule has 0 radical (unpaired) electrons. The second kappa shape index (κ2) is 3.84. The minimum atomic E-state index is 0.0540. The topological polar surface area (TPSA) is 50.6 Å². The van der Waals surface area contributed by atoms with Gasteiger partial charge >= 0.3 is 0 Å². The molecule has 1 saturated heterocycles. The van der Waals surface area contributed by atoms with Crippen molar-refractivity contribution in [3.05, 3.63) is 35.9 Å². The summed E-state index contributed by atoms with van der Waals surface area (Å²) in [6.45, 7) is 0. The number of hydrazine groups is 1. The highest BCUT2D eigenvalue weighted by molar-refractivity contribution is 5.30. The number of benzene rings is 1. The van der Waals surface area contributed by atoms with Crippen LogP contribution in [0.25, 0.3) is 0 Å². The summed E-state index contributed by atoms with van der Waals surface area (Å²) < 4.78 is 5.67. The van der Waals surface area contributed by atoms with Crippen molar-refractivity contribution in [3.8, 4) is 0 Å². The van der Waals surface area contributed by atoms with E-state index >= 15 is 0 Å². The van der Waals surface area contributed by atoms with Crippen LogP contribution < -0.4 is 11.3 Å². The standard InChI is InChI=1S/C13H18N2O/c14-15-12-11(16-12)13(8-4-5-9-13)10-6-2-1-3-7-10/h1-3,6-7,11-12,15H,4-5,8-9,14H2. The van der Waals surface area contributed by atoms with Gasteiger partial charge in [0.1, 0.15) is 12.3 Å². The normalized spacial score (nSPS) is 31.6. The minimum Gasteiger partial charge on any atom is -0.351 e. The molecule has 2 aliphatic rings. The number of hydrogen-bond donors (Lipinski definition) is 2. The average molecular weight is 218 g/mol. The maximum atomic E-state index is 5.67. The van der Waals surface area contributed by atoms with Crippen LogP contribution in [0.2, 0.25) is 0 Å². The Kier molecular flexibility index (Phi) is 2.46. The van der Waals surface area contributed by atoms with Crippen molar-refractivity contribution in [2.24, 2.45) is 5.84 Å². The van der Waals surface area contributed by atoms with Crippen LogP contribution in [-0.4, -0.2) is 12.3 Å². The maximum Gasteiger partial charge on any atom is 0.148 e. The molecular formula is C13H18N2O. The van der Waals surface area contributed by atoms with Gasteiger partial charge in [-0.05, 0) is 18.4 Å². The fraction of sp³-hybridized carbons (Fsp3) is 0.538. The van der Waals surface area contributed by atoms with Crippen molar-refractivity contribution >= 4 is 0 Å². The van der Waals surface area contributed by atoms with Crippen LogP contribution in [0, 0.1) is 0 Å². The van der Waals surface area contributed by atoms with E-state index in [4.69, 9.17) is 10.6 Å². The molecule has 16 heavy (non-hydrogen) atoms. The molecule has 0 spiro atoms. The van der Waals surface area contributed by atoms with Crippen LogP contribution in [-0.2, 0) is 10.2 Å². The summed E-state index contributed by atoms with van der Waals surface area (Å²) in [6.07, 6.45) is 5.36. The first kappa shape index (κ1) is 10.3. The van der Waals surface area contributed by atoms with Gasteiger partial charge in [0, 0.05) is 5.41 Å². The molecular weight excluding hydrogens is 200 g/mol. The van der Waals surface area contributed by atoms with E-state index in [9.17, 15) is 0 Å². The molecule has 3 N–H and O–H groups in total. The smallest absolute Gasteiger partial charge is 0.148 e. The zero-order chi connectivity index (χ0) is 11.0. The summed E-state index contributed by atoms with van der Waals surface area (Å²) in [5, 5.41) is 0. The summed E-state index contributed by atoms with van der Waals surface area (Å²) in [5.74, 6) is 5.45. The molecule has 1 heterocycles. The molecule has 2 fully saturated rings. The zero-order valence-corrected chi connectivity index (χ0v) is 9.36.